The normalized spacial score (nSPS) is 11.2. The van der Waals surface area contributed by atoms with Gasteiger partial charge in [-0.1, -0.05) is 12.1 Å². The quantitative estimate of drug-likeness (QED) is 0.238. The number of ether oxygens (including phenoxy) is 1. The molecule has 150 valence electrons. The first kappa shape index (κ1) is 23.6. The number of guanidine groups is 1. The summed E-state index contributed by atoms with van der Waals surface area (Å²) in [6.07, 6.45) is 2.92. The van der Waals surface area contributed by atoms with Gasteiger partial charge in [-0.25, -0.2) is 4.98 Å². The fraction of sp³-hybridized carbons (Fsp3) is 0.474. The van der Waals surface area contributed by atoms with E-state index in [0.29, 0.717) is 13.1 Å². The number of thiazole rings is 1. The van der Waals surface area contributed by atoms with E-state index in [4.69, 9.17) is 4.74 Å². The number of rotatable bonds is 9. The molecule has 1 heterocycles. The van der Waals surface area contributed by atoms with E-state index in [1.54, 1.807) is 18.4 Å². The van der Waals surface area contributed by atoms with Crippen molar-refractivity contribution in [2.45, 2.75) is 26.4 Å². The van der Waals surface area contributed by atoms with Gasteiger partial charge in [0.25, 0.3) is 0 Å². The smallest absolute Gasteiger partial charge is 0.191 e. The van der Waals surface area contributed by atoms with Crippen molar-refractivity contribution in [2.24, 2.45) is 4.99 Å². The highest BCUT2D eigenvalue weighted by atomic mass is 127. The minimum Gasteiger partial charge on any atom is -0.494 e. The Bertz CT molecular complexity index is 688. The molecule has 0 amide bonds. The molecular weight excluding hydrogens is 473 g/mol. The highest BCUT2D eigenvalue weighted by Crippen LogP contribution is 2.13. The molecule has 0 saturated heterocycles. The number of aliphatic imine (C=N–C) groups is 1. The first-order valence-corrected chi connectivity index (χ1v) is 9.61. The fourth-order valence-electron chi connectivity index (χ4n) is 2.32. The Morgan fingerprint density at radius 3 is 2.48 bits per heavy atom. The van der Waals surface area contributed by atoms with Gasteiger partial charge in [0.2, 0.25) is 0 Å². The maximum Gasteiger partial charge on any atom is 0.191 e. The number of nitrogens with one attached hydrogen (secondary N) is 2. The van der Waals surface area contributed by atoms with Gasteiger partial charge >= 0.3 is 0 Å². The maximum atomic E-state index is 5.76. The lowest BCUT2D eigenvalue weighted by atomic mass is 10.2. The number of aryl methyl sites for hydroxylation is 1. The van der Waals surface area contributed by atoms with Crippen LogP contribution in [0.15, 0.2) is 35.5 Å². The Balaban J connectivity index is 0.00000364. The zero-order chi connectivity index (χ0) is 18.8. The zero-order valence-corrected chi connectivity index (χ0v) is 19.6. The SMILES string of the molecule is CN=C(NCc1ccc(OCCCN(C)C)cc1)NCc1ncc(C)s1.I. The lowest BCUT2D eigenvalue weighted by molar-refractivity contribution is 0.281. The molecule has 2 aromatic rings. The molecule has 0 aliphatic heterocycles. The van der Waals surface area contributed by atoms with E-state index in [0.717, 1.165) is 36.3 Å². The topological polar surface area (TPSA) is 61.8 Å². The molecule has 1 aromatic heterocycles. The number of benzene rings is 1. The van der Waals surface area contributed by atoms with Gasteiger partial charge in [-0.2, -0.15) is 0 Å². The molecule has 0 aliphatic rings. The molecule has 0 fully saturated rings. The number of nitrogens with zero attached hydrogens (tertiary/aromatic N) is 3. The summed E-state index contributed by atoms with van der Waals surface area (Å²) >= 11 is 1.69. The number of halogens is 1. The van der Waals surface area contributed by atoms with Crippen molar-refractivity contribution in [1.82, 2.24) is 20.5 Å². The third kappa shape index (κ3) is 9.39. The highest BCUT2D eigenvalue weighted by molar-refractivity contribution is 14.0. The summed E-state index contributed by atoms with van der Waals surface area (Å²) in [6, 6.07) is 8.18. The third-order valence-electron chi connectivity index (χ3n) is 3.70. The van der Waals surface area contributed by atoms with Crippen LogP contribution in [0, 0.1) is 6.92 Å². The molecule has 2 N–H and O–H groups in total. The molecule has 27 heavy (non-hydrogen) atoms. The first-order valence-electron chi connectivity index (χ1n) is 8.79. The van der Waals surface area contributed by atoms with E-state index >= 15 is 0 Å². The Morgan fingerprint density at radius 2 is 1.89 bits per heavy atom. The second-order valence-corrected chi connectivity index (χ2v) is 7.61. The van der Waals surface area contributed by atoms with Crippen LogP contribution >= 0.6 is 35.3 Å². The number of aromatic nitrogens is 1. The second-order valence-electron chi connectivity index (χ2n) is 6.29. The van der Waals surface area contributed by atoms with Gasteiger partial charge in [0, 0.05) is 31.2 Å². The van der Waals surface area contributed by atoms with Gasteiger partial charge < -0.3 is 20.3 Å². The zero-order valence-electron chi connectivity index (χ0n) is 16.5. The molecule has 1 aromatic carbocycles. The van der Waals surface area contributed by atoms with E-state index < -0.39 is 0 Å². The standard InChI is InChI=1S/C19H29N5OS.HI/c1-15-12-21-18(26-15)14-23-19(20-2)22-13-16-6-8-17(9-7-16)25-11-5-10-24(3)4;/h6-9,12H,5,10-11,13-14H2,1-4H3,(H2,20,22,23);1H. The minimum absolute atomic E-state index is 0. The molecule has 2 rings (SSSR count). The van der Waals surface area contributed by atoms with Gasteiger partial charge in [0.05, 0.1) is 13.2 Å². The molecule has 6 nitrogen and oxygen atoms in total. The van der Waals surface area contributed by atoms with E-state index in [-0.39, 0.29) is 24.0 Å². The summed E-state index contributed by atoms with van der Waals surface area (Å²) in [7, 11) is 5.91. The number of hydrogen-bond donors (Lipinski definition) is 2. The van der Waals surface area contributed by atoms with Crippen molar-refractivity contribution in [3.63, 3.8) is 0 Å². The summed E-state index contributed by atoms with van der Waals surface area (Å²) in [6.45, 7) is 5.22. The van der Waals surface area contributed by atoms with Gasteiger partial charge in [-0.05, 0) is 45.1 Å². The van der Waals surface area contributed by atoms with Crippen LogP contribution in [0.25, 0.3) is 0 Å². The molecule has 0 aliphatic carbocycles. The van der Waals surface area contributed by atoms with Crippen LogP contribution in [-0.2, 0) is 13.1 Å². The molecule has 0 unspecified atom stereocenters. The summed E-state index contributed by atoms with van der Waals surface area (Å²) in [4.78, 5) is 12.0. The lowest BCUT2D eigenvalue weighted by Gasteiger charge is -2.12. The summed E-state index contributed by atoms with van der Waals surface area (Å²) < 4.78 is 5.76. The predicted molar refractivity (Wildman–Crippen MR) is 124 cm³/mol. The summed E-state index contributed by atoms with van der Waals surface area (Å²) in [5.41, 5.74) is 1.18. The van der Waals surface area contributed by atoms with E-state index in [9.17, 15) is 0 Å². The van der Waals surface area contributed by atoms with Gasteiger partial charge in [0.15, 0.2) is 5.96 Å². The lowest BCUT2D eigenvalue weighted by Crippen LogP contribution is -2.36. The van der Waals surface area contributed by atoms with Crippen molar-refractivity contribution in [1.29, 1.82) is 0 Å². The predicted octanol–water partition coefficient (Wildman–Crippen LogP) is 3.27. The third-order valence-corrected chi connectivity index (χ3v) is 4.61. The van der Waals surface area contributed by atoms with E-state index in [2.05, 4.69) is 58.7 Å². The molecule has 0 spiro atoms. The highest BCUT2D eigenvalue weighted by Gasteiger charge is 2.02. The summed E-state index contributed by atoms with van der Waals surface area (Å²) in [5, 5.41) is 7.66. The second kappa shape index (κ2) is 12.9. The molecule has 8 heteroatoms. The molecule has 0 radical (unpaired) electrons. The Morgan fingerprint density at radius 1 is 1.19 bits per heavy atom. The van der Waals surface area contributed by atoms with Crippen molar-refractivity contribution in [3.05, 3.63) is 45.9 Å². The van der Waals surface area contributed by atoms with Crippen molar-refractivity contribution < 1.29 is 4.74 Å². The van der Waals surface area contributed by atoms with Crippen molar-refractivity contribution in [2.75, 3.05) is 34.3 Å². The number of hydrogen-bond acceptors (Lipinski definition) is 5. The van der Waals surface area contributed by atoms with Gasteiger partial charge in [-0.15, -0.1) is 35.3 Å². The van der Waals surface area contributed by atoms with Crippen LogP contribution in [0.4, 0.5) is 0 Å². The minimum atomic E-state index is 0. The molecule has 0 bridgehead atoms. The van der Waals surface area contributed by atoms with Crippen LogP contribution in [0.2, 0.25) is 0 Å². The van der Waals surface area contributed by atoms with E-state index in [1.165, 1.54) is 10.4 Å². The maximum absolute atomic E-state index is 5.76. The van der Waals surface area contributed by atoms with Crippen LogP contribution in [0.5, 0.6) is 5.75 Å². The Hall–Kier alpha value is -1.39. The van der Waals surface area contributed by atoms with E-state index in [1.807, 2.05) is 18.3 Å². The summed E-state index contributed by atoms with van der Waals surface area (Å²) in [5.74, 6) is 1.68. The van der Waals surface area contributed by atoms with Gasteiger partial charge in [0.1, 0.15) is 10.8 Å². The average molecular weight is 503 g/mol. The molecule has 0 atom stereocenters. The van der Waals surface area contributed by atoms with Crippen LogP contribution < -0.4 is 15.4 Å². The largest absolute Gasteiger partial charge is 0.494 e. The Labute approximate surface area is 183 Å². The van der Waals surface area contributed by atoms with Gasteiger partial charge in [-0.3, -0.25) is 4.99 Å². The van der Waals surface area contributed by atoms with Crippen LogP contribution in [0.3, 0.4) is 0 Å². The molecule has 0 saturated carbocycles. The van der Waals surface area contributed by atoms with Crippen molar-refractivity contribution >= 4 is 41.3 Å². The van der Waals surface area contributed by atoms with Crippen LogP contribution in [0.1, 0.15) is 21.9 Å². The average Bonchev–Trinajstić information content (AvgIpc) is 3.05. The fourth-order valence-corrected chi connectivity index (χ4v) is 3.05. The van der Waals surface area contributed by atoms with Crippen molar-refractivity contribution in [3.8, 4) is 5.75 Å². The Kier molecular flexibility index (Phi) is 11.3. The van der Waals surface area contributed by atoms with Crippen LogP contribution in [-0.4, -0.2) is 50.1 Å². The first-order chi connectivity index (χ1) is 12.6. The monoisotopic (exact) mass is 503 g/mol. The molecular formula is C19H30IN5OS.